The first kappa shape index (κ1) is 19.7. The molecule has 7 nitrogen and oxygen atoms in total. The van der Waals surface area contributed by atoms with E-state index in [9.17, 15) is 9.59 Å². The number of carbonyl (C=O) groups is 2. The fourth-order valence-corrected chi connectivity index (χ4v) is 3.15. The topological polar surface area (TPSA) is 80.8 Å². The Morgan fingerprint density at radius 2 is 1.71 bits per heavy atom. The predicted molar refractivity (Wildman–Crippen MR) is 104 cm³/mol. The van der Waals surface area contributed by atoms with Crippen LogP contribution in [0.4, 0.5) is 0 Å². The Hall–Kier alpha value is -3.09. The van der Waals surface area contributed by atoms with Crippen molar-refractivity contribution in [2.75, 3.05) is 33.4 Å². The molecule has 2 heterocycles. The number of amides is 2. The van der Waals surface area contributed by atoms with Crippen molar-refractivity contribution >= 4 is 11.8 Å². The van der Waals surface area contributed by atoms with E-state index >= 15 is 0 Å². The van der Waals surface area contributed by atoms with E-state index in [0.717, 1.165) is 18.6 Å². The molecule has 0 atom stereocenters. The van der Waals surface area contributed by atoms with Crippen LogP contribution in [0.15, 0.2) is 48.8 Å². The molecular formula is C21H25N3O4. The maximum absolute atomic E-state index is 12.4. The summed E-state index contributed by atoms with van der Waals surface area (Å²) >= 11 is 0. The smallest absolute Gasteiger partial charge is 0.257 e. The van der Waals surface area contributed by atoms with Gasteiger partial charge < -0.3 is 19.7 Å². The van der Waals surface area contributed by atoms with E-state index in [1.54, 1.807) is 55.9 Å². The highest BCUT2D eigenvalue weighted by Gasteiger charge is 2.23. The minimum Gasteiger partial charge on any atom is -0.497 e. The summed E-state index contributed by atoms with van der Waals surface area (Å²) in [5.74, 6) is 1.62. The number of ether oxygens (including phenoxy) is 2. The van der Waals surface area contributed by atoms with Gasteiger partial charge in [0.05, 0.1) is 7.11 Å². The summed E-state index contributed by atoms with van der Waals surface area (Å²) in [6, 6.07) is 10.6. The normalized spacial score (nSPS) is 14.4. The second-order valence-corrected chi connectivity index (χ2v) is 6.74. The summed E-state index contributed by atoms with van der Waals surface area (Å²) in [5.41, 5.74) is 0.664. The van der Waals surface area contributed by atoms with Gasteiger partial charge in [-0.3, -0.25) is 14.6 Å². The van der Waals surface area contributed by atoms with E-state index in [4.69, 9.17) is 9.47 Å². The first-order chi connectivity index (χ1) is 13.7. The Bertz CT molecular complexity index is 772. The lowest BCUT2D eigenvalue weighted by atomic mass is 9.96. The van der Waals surface area contributed by atoms with Gasteiger partial charge in [-0.1, -0.05) is 0 Å². The highest BCUT2D eigenvalue weighted by molar-refractivity contribution is 5.94. The van der Waals surface area contributed by atoms with Gasteiger partial charge in [-0.05, 0) is 55.2 Å². The number of likely N-dealkylation sites (tertiary alicyclic amines) is 1. The van der Waals surface area contributed by atoms with Gasteiger partial charge in [-0.15, -0.1) is 0 Å². The number of hydrogen-bond donors (Lipinski definition) is 1. The van der Waals surface area contributed by atoms with Gasteiger partial charge in [0.15, 0.2) is 6.61 Å². The highest BCUT2D eigenvalue weighted by Crippen LogP contribution is 2.19. The quantitative estimate of drug-likeness (QED) is 0.792. The summed E-state index contributed by atoms with van der Waals surface area (Å²) in [4.78, 5) is 30.2. The van der Waals surface area contributed by atoms with E-state index < -0.39 is 0 Å². The highest BCUT2D eigenvalue weighted by atomic mass is 16.5. The number of piperidine rings is 1. The average Bonchev–Trinajstić information content (AvgIpc) is 2.77. The first-order valence-electron chi connectivity index (χ1n) is 9.38. The fourth-order valence-electron chi connectivity index (χ4n) is 3.15. The van der Waals surface area contributed by atoms with Gasteiger partial charge in [0.25, 0.3) is 11.8 Å². The van der Waals surface area contributed by atoms with Crippen LogP contribution in [-0.2, 0) is 4.79 Å². The average molecular weight is 383 g/mol. The number of nitrogens with zero attached hydrogens (tertiary/aromatic N) is 2. The molecule has 1 aromatic carbocycles. The largest absolute Gasteiger partial charge is 0.497 e. The second kappa shape index (κ2) is 9.73. The van der Waals surface area contributed by atoms with Crippen molar-refractivity contribution in [1.29, 1.82) is 0 Å². The van der Waals surface area contributed by atoms with Crippen LogP contribution in [0.1, 0.15) is 23.2 Å². The summed E-state index contributed by atoms with van der Waals surface area (Å²) in [6.45, 7) is 1.97. The Morgan fingerprint density at radius 3 is 2.36 bits per heavy atom. The third-order valence-corrected chi connectivity index (χ3v) is 4.85. The van der Waals surface area contributed by atoms with Crippen molar-refractivity contribution in [3.8, 4) is 11.5 Å². The minimum atomic E-state index is -0.147. The predicted octanol–water partition coefficient (Wildman–Crippen LogP) is 2.14. The lowest BCUT2D eigenvalue weighted by Crippen LogP contribution is -2.42. The van der Waals surface area contributed by atoms with Crippen LogP contribution >= 0.6 is 0 Å². The van der Waals surface area contributed by atoms with Crippen molar-refractivity contribution in [2.24, 2.45) is 5.92 Å². The lowest BCUT2D eigenvalue weighted by Gasteiger charge is -2.32. The van der Waals surface area contributed by atoms with Crippen molar-refractivity contribution in [3.63, 3.8) is 0 Å². The van der Waals surface area contributed by atoms with Gasteiger partial charge in [0, 0.05) is 37.6 Å². The number of methoxy groups -OCH3 is 1. The molecule has 2 aromatic rings. The van der Waals surface area contributed by atoms with Gasteiger partial charge in [0.2, 0.25) is 0 Å². The van der Waals surface area contributed by atoms with E-state index in [0.29, 0.717) is 36.9 Å². The molecule has 0 spiro atoms. The van der Waals surface area contributed by atoms with Gasteiger partial charge in [-0.25, -0.2) is 0 Å². The zero-order valence-corrected chi connectivity index (χ0v) is 16.0. The molecule has 148 valence electrons. The van der Waals surface area contributed by atoms with E-state index in [1.807, 2.05) is 4.90 Å². The molecule has 1 aliphatic heterocycles. The molecule has 3 rings (SSSR count). The molecule has 1 fully saturated rings. The van der Waals surface area contributed by atoms with Crippen molar-refractivity contribution in [1.82, 2.24) is 15.2 Å². The number of carbonyl (C=O) groups excluding carboxylic acids is 2. The van der Waals surface area contributed by atoms with Crippen LogP contribution in [0, 0.1) is 5.92 Å². The van der Waals surface area contributed by atoms with Crippen molar-refractivity contribution in [3.05, 3.63) is 54.4 Å². The molecule has 1 N–H and O–H groups in total. The lowest BCUT2D eigenvalue weighted by molar-refractivity contribution is -0.123. The Kier molecular flexibility index (Phi) is 6.84. The molecule has 0 saturated carbocycles. The third-order valence-electron chi connectivity index (χ3n) is 4.85. The molecule has 1 aliphatic rings. The van der Waals surface area contributed by atoms with Crippen LogP contribution < -0.4 is 14.8 Å². The number of benzene rings is 1. The number of rotatable bonds is 7. The molecule has 7 heteroatoms. The van der Waals surface area contributed by atoms with Crippen LogP contribution in [0.5, 0.6) is 11.5 Å². The molecular weight excluding hydrogens is 358 g/mol. The summed E-state index contributed by atoms with van der Waals surface area (Å²) < 4.78 is 10.6. The van der Waals surface area contributed by atoms with Gasteiger partial charge in [-0.2, -0.15) is 0 Å². The van der Waals surface area contributed by atoms with Crippen molar-refractivity contribution in [2.45, 2.75) is 12.8 Å². The van der Waals surface area contributed by atoms with E-state index in [-0.39, 0.29) is 18.4 Å². The molecule has 0 unspecified atom stereocenters. The van der Waals surface area contributed by atoms with Crippen LogP contribution in [-0.4, -0.2) is 55.0 Å². The summed E-state index contributed by atoms with van der Waals surface area (Å²) in [5, 5.41) is 2.92. The van der Waals surface area contributed by atoms with E-state index in [2.05, 4.69) is 10.3 Å². The fraction of sp³-hybridized carbons (Fsp3) is 0.381. The number of aromatic nitrogens is 1. The molecule has 1 saturated heterocycles. The molecule has 0 bridgehead atoms. The summed E-state index contributed by atoms with van der Waals surface area (Å²) in [6.07, 6.45) is 5.00. The van der Waals surface area contributed by atoms with Gasteiger partial charge >= 0.3 is 0 Å². The van der Waals surface area contributed by atoms with Crippen molar-refractivity contribution < 1.29 is 19.1 Å². The second-order valence-electron chi connectivity index (χ2n) is 6.74. The zero-order chi connectivity index (χ0) is 19.8. The third kappa shape index (κ3) is 5.45. The SMILES string of the molecule is COc1ccc(OCC(=O)NCC2CCN(C(=O)c3ccncc3)CC2)cc1. The van der Waals surface area contributed by atoms with Gasteiger partial charge in [0.1, 0.15) is 11.5 Å². The maximum atomic E-state index is 12.4. The number of hydrogen-bond acceptors (Lipinski definition) is 5. The first-order valence-corrected chi connectivity index (χ1v) is 9.38. The number of nitrogens with one attached hydrogen (secondary N) is 1. The molecule has 1 aromatic heterocycles. The zero-order valence-electron chi connectivity index (χ0n) is 16.0. The number of pyridine rings is 1. The Balaban J connectivity index is 1.35. The molecule has 0 aliphatic carbocycles. The monoisotopic (exact) mass is 383 g/mol. The minimum absolute atomic E-state index is 0.0221. The maximum Gasteiger partial charge on any atom is 0.257 e. The Morgan fingerprint density at radius 1 is 1.07 bits per heavy atom. The van der Waals surface area contributed by atoms with Crippen LogP contribution in [0.3, 0.4) is 0 Å². The molecule has 2 amide bonds. The molecule has 28 heavy (non-hydrogen) atoms. The van der Waals surface area contributed by atoms with Crippen LogP contribution in [0.25, 0.3) is 0 Å². The summed E-state index contributed by atoms with van der Waals surface area (Å²) in [7, 11) is 1.60. The van der Waals surface area contributed by atoms with E-state index in [1.165, 1.54) is 0 Å². The molecule has 0 radical (unpaired) electrons. The van der Waals surface area contributed by atoms with Crippen LogP contribution in [0.2, 0.25) is 0 Å². The standard InChI is InChI=1S/C21H25N3O4/c1-27-18-2-4-19(5-3-18)28-15-20(25)23-14-16-8-12-24(13-9-16)21(26)17-6-10-22-11-7-17/h2-7,10-11,16H,8-9,12-15H2,1H3,(H,23,25). The Labute approximate surface area is 164 Å².